The number of rotatable bonds is 5. The van der Waals surface area contributed by atoms with Crippen LogP contribution in [0.1, 0.15) is 20.9 Å². The van der Waals surface area contributed by atoms with E-state index in [9.17, 15) is 4.79 Å². The zero-order valence-corrected chi connectivity index (χ0v) is 13.9. The molecule has 0 unspecified atom stereocenters. The standard InChI is InChI=1S/C18H16N4OS/c1-13-9-10-17(24-13)15-12-16(21-20-15)18(23)22-19-11-5-8-14-6-3-2-4-7-14/h2-12H,1H3,(H,20,21)(H,22,23)/b8-5+,19-11?. The van der Waals surface area contributed by atoms with Crippen LogP contribution in [0, 0.1) is 6.92 Å². The summed E-state index contributed by atoms with van der Waals surface area (Å²) in [4.78, 5) is 14.3. The maximum Gasteiger partial charge on any atom is 0.291 e. The molecule has 0 aliphatic rings. The first-order valence-electron chi connectivity index (χ1n) is 7.40. The van der Waals surface area contributed by atoms with Crippen molar-refractivity contribution in [3.05, 3.63) is 70.7 Å². The summed E-state index contributed by atoms with van der Waals surface area (Å²) in [5.74, 6) is -0.352. The van der Waals surface area contributed by atoms with Crippen molar-refractivity contribution in [2.24, 2.45) is 5.10 Å². The Morgan fingerprint density at radius 1 is 1.25 bits per heavy atom. The fourth-order valence-corrected chi connectivity index (χ4v) is 2.89. The minimum absolute atomic E-state index is 0.306. The number of hydrazone groups is 1. The molecule has 2 aromatic heterocycles. The molecule has 1 amide bonds. The van der Waals surface area contributed by atoms with Gasteiger partial charge in [-0.15, -0.1) is 11.3 Å². The highest BCUT2D eigenvalue weighted by atomic mass is 32.1. The van der Waals surface area contributed by atoms with E-state index >= 15 is 0 Å². The first kappa shape index (κ1) is 15.9. The second kappa shape index (κ2) is 7.52. The molecular weight excluding hydrogens is 320 g/mol. The first-order chi connectivity index (χ1) is 11.7. The van der Waals surface area contributed by atoms with Crippen molar-refractivity contribution >= 4 is 29.5 Å². The van der Waals surface area contributed by atoms with Crippen LogP contribution in [0.15, 0.2) is 59.7 Å². The van der Waals surface area contributed by atoms with Crippen LogP contribution in [0.3, 0.4) is 0 Å². The Balaban J connectivity index is 1.56. The third-order valence-electron chi connectivity index (χ3n) is 3.23. The third-order valence-corrected chi connectivity index (χ3v) is 4.27. The van der Waals surface area contributed by atoms with Crippen molar-refractivity contribution in [2.75, 3.05) is 0 Å². The summed E-state index contributed by atoms with van der Waals surface area (Å²) in [6.07, 6.45) is 5.20. The van der Waals surface area contributed by atoms with Gasteiger partial charge in [0.1, 0.15) is 0 Å². The summed E-state index contributed by atoms with van der Waals surface area (Å²) in [7, 11) is 0. The highest BCUT2D eigenvalue weighted by Crippen LogP contribution is 2.26. The van der Waals surface area contributed by atoms with Crippen molar-refractivity contribution in [1.82, 2.24) is 15.6 Å². The number of carbonyl (C=O) groups excluding carboxylic acids is 1. The number of aryl methyl sites for hydroxylation is 1. The van der Waals surface area contributed by atoms with Crippen molar-refractivity contribution in [3.8, 4) is 10.6 Å². The second-order valence-electron chi connectivity index (χ2n) is 5.07. The molecule has 0 aliphatic carbocycles. The zero-order chi connectivity index (χ0) is 16.8. The molecule has 0 fully saturated rings. The minimum Gasteiger partial charge on any atom is -0.276 e. The van der Waals surface area contributed by atoms with Crippen LogP contribution < -0.4 is 5.43 Å². The number of thiophene rings is 1. The molecule has 0 atom stereocenters. The Morgan fingerprint density at radius 2 is 2.08 bits per heavy atom. The molecule has 2 heterocycles. The molecular formula is C18H16N4OS. The Morgan fingerprint density at radius 3 is 2.83 bits per heavy atom. The van der Waals surface area contributed by atoms with Gasteiger partial charge in [-0.2, -0.15) is 10.2 Å². The molecule has 5 nitrogen and oxygen atoms in total. The van der Waals surface area contributed by atoms with Gasteiger partial charge in [0.25, 0.3) is 5.91 Å². The highest BCUT2D eigenvalue weighted by Gasteiger charge is 2.11. The van der Waals surface area contributed by atoms with Gasteiger partial charge in [-0.25, -0.2) is 5.43 Å². The highest BCUT2D eigenvalue weighted by molar-refractivity contribution is 7.15. The van der Waals surface area contributed by atoms with Crippen LogP contribution in [0.4, 0.5) is 0 Å². The van der Waals surface area contributed by atoms with Gasteiger partial charge < -0.3 is 0 Å². The van der Waals surface area contributed by atoms with Crippen LogP contribution in [0.5, 0.6) is 0 Å². The summed E-state index contributed by atoms with van der Waals surface area (Å²) in [5.41, 5.74) is 4.65. The van der Waals surface area contributed by atoms with E-state index in [1.54, 1.807) is 23.5 Å². The quantitative estimate of drug-likeness (QED) is 0.548. The molecule has 3 aromatic rings. The Labute approximate surface area is 143 Å². The summed E-state index contributed by atoms with van der Waals surface area (Å²) in [5, 5.41) is 10.8. The fraction of sp³-hybridized carbons (Fsp3) is 0.0556. The lowest BCUT2D eigenvalue weighted by molar-refractivity contribution is 0.0950. The van der Waals surface area contributed by atoms with Gasteiger partial charge in [0, 0.05) is 11.1 Å². The van der Waals surface area contributed by atoms with Crippen LogP contribution in [0.2, 0.25) is 0 Å². The predicted octanol–water partition coefficient (Wildman–Crippen LogP) is 3.88. The average Bonchev–Trinajstić information content (AvgIpc) is 3.24. The van der Waals surface area contributed by atoms with Gasteiger partial charge in [0.05, 0.1) is 10.6 Å². The summed E-state index contributed by atoms with van der Waals surface area (Å²) < 4.78 is 0. The number of amides is 1. The number of allylic oxidation sites excluding steroid dienone is 1. The van der Waals surface area contributed by atoms with Crippen LogP contribution >= 0.6 is 11.3 Å². The van der Waals surface area contributed by atoms with E-state index in [0.29, 0.717) is 5.69 Å². The smallest absolute Gasteiger partial charge is 0.276 e. The number of benzene rings is 1. The maximum atomic E-state index is 12.0. The normalized spacial score (nSPS) is 11.4. The molecule has 120 valence electrons. The van der Waals surface area contributed by atoms with E-state index < -0.39 is 0 Å². The number of nitrogens with one attached hydrogen (secondary N) is 2. The van der Waals surface area contributed by atoms with Crippen molar-refractivity contribution < 1.29 is 4.79 Å². The molecule has 0 saturated heterocycles. The van der Waals surface area contributed by atoms with E-state index in [4.69, 9.17) is 0 Å². The van der Waals surface area contributed by atoms with Crippen LogP contribution in [-0.4, -0.2) is 22.3 Å². The predicted molar refractivity (Wildman–Crippen MR) is 98.1 cm³/mol. The molecule has 0 aliphatic heterocycles. The number of aromatic amines is 1. The SMILES string of the molecule is Cc1ccc(-c2cc(C(=O)NN=C/C=C/c3ccccc3)n[nH]2)s1. The minimum atomic E-state index is -0.352. The number of carbonyl (C=O) groups is 1. The van der Waals surface area contributed by atoms with Crippen LogP contribution in [-0.2, 0) is 0 Å². The monoisotopic (exact) mass is 336 g/mol. The van der Waals surface area contributed by atoms with E-state index in [2.05, 4.69) is 20.7 Å². The summed E-state index contributed by atoms with van der Waals surface area (Å²) >= 11 is 1.65. The van der Waals surface area contributed by atoms with E-state index in [1.807, 2.05) is 55.5 Å². The zero-order valence-electron chi connectivity index (χ0n) is 13.1. The molecule has 0 saturated carbocycles. The van der Waals surface area contributed by atoms with E-state index in [1.165, 1.54) is 11.1 Å². The lowest BCUT2D eigenvalue weighted by atomic mass is 10.2. The number of hydrogen-bond acceptors (Lipinski definition) is 4. The fourth-order valence-electron chi connectivity index (χ4n) is 2.06. The Kier molecular flexibility index (Phi) is 4.98. The molecule has 0 bridgehead atoms. The maximum absolute atomic E-state index is 12.0. The van der Waals surface area contributed by atoms with Gasteiger partial charge in [0.2, 0.25) is 0 Å². The Bertz CT molecular complexity index is 877. The third kappa shape index (κ3) is 4.05. The summed E-state index contributed by atoms with van der Waals surface area (Å²) in [6, 6.07) is 15.6. The van der Waals surface area contributed by atoms with Gasteiger partial charge in [0.15, 0.2) is 5.69 Å². The van der Waals surface area contributed by atoms with Gasteiger partial charge in [-0.05, 0) is 36.8 Å². The molecule has 6 heteroatoms. The summed E-state index contributed by atoms with van der Waals surface area (Å²) in [6.45, 7) is 2.04. The van der Waals surface area contributed by atoms with Crippen LogP contribution in [0.25, 0.3) is 16.6 Å². The molecule has 3 rings (SSSR count). The van der Waals surface area contributed by atoms with E-state index in [-0.39, 0.29) is 5.91 Å². The molecule has 24 heavy (non-hydrogen) atoms. The molecule has 0 radical (unpaired) electrons. The van der Waals surface area contributed by atoms with Crippen molar-refractivity contribution in [3.63, 3.8) is 0 Å². The van der Waals surface area contributed by atoms with Crippen molar-refractivity contribution in [1.29, 1.82) is 0 Å². The number of hydrogen-bond donors (Lipinski definition) is 2. The largest absolute Gasteiger partial charge is 0.291 e. The topological polar surface area (TPSA) is 70.1 Å². The number of H-pyrrole nitrogens is 1. The van der Waals surface area contributed by atoms with Gasteiger partial charge >= 0.3 is 0 Å². The molecule has 2 N–H and O–H groups in total. The van der Waals surface area contributed by atoms with Gasteiger partial charge in [-0.3, -0.25) is 9.89 Å². The van der Waals surface area contributed by atoms with Crippen molar-refractivity contribution in [2.45, 2.75) is 6.92 Å². The number of nitrogens with zero attached hydrogens (tertiary/aromatic N) is 2. The lowest BCUT2D eigenvalue weighted by Crippen LogP contribution is -2.17. The first-order valence-corrected chi connectivity index (χ1v) is 8.21. The molecule has 1 aromatic carbocycles. The molecule has 0 spiro atoms. The Hall–Kier alpha value is -2.99. The second-order valence-corrected chi connectivity index (χ2v) is 6.35. The van der Waals surface area contributed by atoms with E-state index in [0.717, 1.165) is 16.1 Å². The van der Waals surface area contributed by atoms with Gasteiger partial charge in [-0.1, -0.05) is 36.4 Å². The average molecular weight is 336 g/mol. The lowest BCUT2D eigenvalue weighted by Gasteiger charge is -1.93. The number of aromatic nitrogens is 2.